The Balaban J connectivity index is 1.87. The molecule has 0 unspecified atom stereocenters. The van der Waals surface area contributed by atoms with Crippen molar-refractivity contribution in [2.75, 3.05) is 0 Å². The number of tetrazole rings is 1. The zero-order valence-electron chi connectivity index (χ0n) is 11.7. The Bertz CT molecular complexity index is 436. The highest BCUT2D eigenvalue weighted by molar-refractivity contribution is 8.00. The van der Waals surface area contributed by atoms with Crippen LogP contribution >= 0.6 is 11.8 Å². The van der Waals surface area contributed by atoms with Gasteiger partial charge < -0.3 is 5.32 Å². The van der Waals surface area contributed by atoms with Crippen LogP contribution in [-0.2, 0) is 11.8 Å². The maximum absolute atomic E-state index is 12.2. The van der Waals surface area contributed by atoms with E-state index < -0.39 is 0 Å². The Labute approximate surface area is 117 Å². The number of nitrogens with one attached hydrogen (secondary N) is 1. The molecule has 1 saturated carbocycles. The predicted octanol–water partition coefficient (Wildman–Crippen LogP) is 1.39. The lowest BCUT2D eigenvalue weighted by atomic mass is 9.86. The maximum Gasteiger partial charge on any atom is 0.233 e. The standard InChI is InChI=1S/C12H21N5OS/c1-8-6-4-5-7-10(8)13-11(18)9(2)19-12-14-15-16-17(12)3/h8-10H,4-7H2,1-3H3,(H,13,18)/t8-,9-,10-/m1/s1. The van der Waals surface area contributed by atoms with Crippen LogP contribution in [0, 0.1) is 5.92 Å². The van der Waals surface area contributed by atoms with Gasteiger partial charge in [-0.3, -0.25) is 4.79 Å². The number of hydrogen-bond donors (Lipinski definition) is 1. The zero-order chi connectivity index (χ0) is 13.8. The number of aryl methyl sites for hydroxylation is 1. The molecule has 1 aliphatic carbocycles. The van der Waals surface area contributed by atoms with Crippen molar-refractivity contribution in [3.05, 3.63) is 0 Å². The van der Waals surface area contributed by atoms with Crippen molar-refractivity contribution in [3.8, 4) is 0 Å². The molecular weight excluding hydrogens is 262 g/mol. The molecule has 1 aromatic rings. The Morgan fingerprint density at radius 1 is 1.47 bits per heavy atom. The molecule has 0 radical (unpaired) electrons. The van der Waals surface area contributed by atoms with Crippen molar-refractivity contribution in [2.45, 2.75) is 56.0 Å². The molecule has 0 bridgehead atoms. The quantitative estimate of drug-likeness (QED) is 0.845. The van der Waals surface area contributed by atoms with Crippen LogP contribution in [0.15, 0.2) is 5.16 Å². The second kappa shape index (κ2) is 6.36. The van der Waals surface area contributed by atoms with E-state index >= 15 is 0 Å². The SMILES string of the molecule is C[C@@H]1CCCC[C@H]1NC(=O)[C@@H](C)Sc1nnnn1C. The van der Waals surface area contributed by atoms with Gasteiger partial charge in [0.05, 0.1) is 5.25 Å². The lowest BCUT2D eigenvalue weighted by Crippen LogP contribution is -2.44. The molecule has 7 heteroatoms. The molecule has 0 saturated heterocycles. The number of aromatic nitrogens is 4. The van der Waals surface area contributed by atoms with Crippen molar-refractivity contribution in [1.29, 1.82) is 0 Å². The van der Waals surface area contributed by atoms with Crippen LogP contribution in [0.2, 0.25) is 0 Å². The summed E-state index contributed by atoms with van der Waals surface area (Å²) < 4.78 is 1.58. The van der Waals surface area contributed by atoms with Gasteiger partial charge in [-0.25, -0.2) is 4.68 Å². The number of rotatable bonds is 4. The normalized spacial score (nSPS) is 25.0. The molecule has 0 aliphatic heterocycles. The third kappa shape index (κ3) is 3.68. The topological polar surface area (TPSA) is 72.7 Å². The van der Waals surface area contributed by atoms with Crippen molar-refractivity contribution in [3.63, 3.8) is 0 Å². The second-order valence-electron chi connectivity index (χ2n) is 5.22. The van der Waals surface area contributed by atoms with Gasteiger partial charge in [0.15, 0.2) is 0 Å². The average Bonchev–Trinajstić information content (AvgIpc) is 2.78. The molecule has 1 aliphatic rings. The molecule has 1 amide bonds. The lowest BCUT2D eigenvalue weighted by Gasteiger charge is -2.30. The third-order valence-corrected chi connectivity index (χ3v) is 4.80. The van der Waals surface area contributed by atoms with Crippen molar-refractivity contribution < 1.29 is 4.79 Å². The maximum atomic E-state index is 12.2. The number of amides is 1. The van der Waals surface area contributed by atoms with Crippen molar-refractivity contribution in [2.24, 2.45) is 13.0 Å². The minimum Gasteiger partial charge on any atom is -0.352 e. The highest BCUT2D eigenvalue weighted by atomic mass is 32.2. The molecule has 1 fully saturated rings. The van der Waals surface area contributed by atoms with Crippen LogP contribution in [0.5, 0.6) is 0 Å². The van der Waals surface area contributed by atoms with E-state index in [1.165, 1.54) is 31.0 Å². The smallest absolute Gasteiger partial charge is 0.233 e. The average molecular weight is 283 g/mol. The Morgan fingerprint density at radius 3 is 2.84 bits per heavy atom. The van der Waals surface area contributed by atoms with Gasteiger partial charge in [-0.05, 0) is 36.1 Å². The summed E-state index contributed by atoms with van der Waals surface area (Å²) in [4.78, 5) is 12.2. The van der Waals surface area contributed by atoms with Gasteiger partial charge in [0, 0.05) is 13.1 Å². The number of carbonyl (C=O) groups excluding carboxylic acids is 1. The summed E-state index contributed by atoms with van der Waals surface area (Å²) in [5, 5.41) is 14.9. The first-order valence-electron chi connectivity index (χ1n) is 6.77. The fourth-order valence-corrected chi connectivity index (χ4v) is 3.13. The van der Waals surface area contributed by atoms with E-state index in [-0.39, 0.29) is 11.2 Å². The number of thioether (sulfide) groups is 1. The summed E-state index contributed by atoms with van der Waals surface area (Å²) in [5.74, 6) is 0.651. The lowest BCUT2D eigenvalue weighted by molar-refractivity contribution is -0.121. The summed E-state index contributed by atoms with van der Waals surface area (Å²) in [6.45, 7) is 4.11. The van der Waals surface area contributed by atoms with E-state index in [4.69, 9.17) is 0 Å². The fraction of sp³-hybridized carbons (Fsp3) is 0.833. The highest BCUT2D eigenvalue weighted by Gasteiger charge is 2.25. The van der Waals surface area contributed by atoms with E-state index in [9.17, 15) is 4.79 Å². The summed E-state index contributed by atoms with van der Waals surface area (Å²) in [6.07, 6.45) is 4.79. The Morgan fingerprint density at radius 2 is 2.21 bits per heavy atom. The van der Waals surface area contributed by atoms with Gasteiger partial charge >= 0.3 is 0 Å². The van der Waals surface area contributed by atoms with E-state index in [0.29, 0.717) is 17.1 Å². The van der Waals surface area contributed by atoms with Crippen LogP contribution in [0.4, 0.5) is 0 Å². The predicted molar refractivity (Wildman–Crippen MR) is 73.7 cm³/mol. The molecule has 3 atom stereocenters. The molecule has 106 valence electrons. The third-order valence-electron chi connectivity index (χ3n) is 3.67. The van der Waals surface area contributed by atoms with Crippen LogP contribution in [0.25, 0.3) is 0 Å². The number of carbonyl (C=O) groups is 1. The highest BCUT2D eigenvalue weighted by Crippen LogP contribution is 2.25. The van der Waals surface area contributed by atoms with Crippen LogP contribution in [0.1, 0.15) is 39.5 Å². The first-order valence-corrected chi connectivity index (χ1v) is 7.65. The van der Waals surface area contributed by atoms with Crippen LogP contribution in [-0.4, -0.2) is 37.4 Å². The molecule has 1 N–H and O–H groups in total. The molecule has 1 heterocycles. The van der Waals surface area contributed by atoms with E-state index in [2.05, 4.69) is 27.8 Å². The monoisotopic (exact) mass is 283 g/mol. The van der Waals surface area contributed by atoms with Gasteiger partial charge in [-0.1, -0.05) is 31.5 Å². The van der Waals surface area contributed by atoms with Gasteiger partial charge in [0.25, 0.3) is 0 Å². The molecule has 19 heavy (non-hydrogen) atoms. The van der Waals surface area contributed by atoms with E-state index in [1.54, 1.807) is 11.7 Å². The van der Waals surface area contributed by atoms with Crippen molar-refractivity contribution in [1.82, 2.24) is 25.5 Å². The minimum atomic E-state index is -0.182. The van der Waals surface area contributed by atoms with Gasteiger partial charge in [0.1, 0.15) is 0 Å². The summed E-state index contributed by atoms with van der Waals surface area (Å²) in [7, 11) is 1.77. The van der Waals surface area contributed by atoms with E-state index in [0.717, 1.165) is 6.42 Å². The fourth-order valence-electron chi connectivity index (χ4n) is 2.36. The minimum absolute atomic E-state index is 0.0757. The van der Waals surface area contributed by atoms with Gasteiger partial charge in [0.2, 0.25) is 11.1 Å². The molecule has 1 aromatic heterocycles. The van der Waals surface area contributed by atoms with Crippen LogP contribution < -0.4 is 5.32 Å². The first kappa shape index (κ1) is 14.3. The first-order chi connectivity index (χ1) is 9.08. The molecule has 2 rings (SSSR count). The summed E-state index contributed by atoms with van der Waals surface area (Å²) >= 11 is 1.39. The Kier molecular flexibility index (Phi) is 4.79. The largest absolute Gasteiger partial charge is 0.352 e. The molecule has 0 aromatic carbocycles. The number of hydrogen-bond acceptors (Lipinski definition) is 5. The van der Waals surface area contributed by atoms with Crippen LogP contribution in [0.3, 0.4) is 0 Å². The second-order valence-corrected chi connectivity index (χ2v) is 6.53. The number of nitrogens with zero attached hydrogens (tertiary/aromatic N) is 4. The Hall–Kier alpha value is -1.11. The molecular formula is C12H21N5OS. The van der Waals surface area contributed by atoms with Gasteiger partial charge in [-0.15, -0.1) is 5.10 Å². The zero-order valence-corrected chi connectivity index (χ0v) is 12.5. The molecule has 0 spiro atoms. The summed E-state index contributed by atoms with van der Waals surface area (Å²) in [5.41, 5.74) is 0. The summed E-state index contributed by atoms with van der Waals surface area (Å²) in [6, 6.07) is 0.321. The van der Waals surface area contributed by atoms with Gasteiger partial charge in [-0.2, -0.15) is 0 Å². The van der Waals surface area contributed by atoms with Crippen molar-refractivity contribution >= 4 is 17.7 Å². The molecule has 6 nitrogen and oxygen atoms in total. The van der Waals surface area contributed by atoms with E-state index in [1.807, 2.05) is 6.92 Å².